The van der Waals surface area contributed by atoms with E-state index >= 15 is 0 Å². The maximum atomic E-state index is 12.1. The van der Waals surface area contributed by atoms with Crippen molar-refractivity contribution in [1.29, 1.82) is 0 Å². The molecule has 1 heterocycles. The Bertz CT molecular complexity index is 599. The zero-order chi connectivity index (χ0) is 15.4. The first-order valence-electron chi connectivity index (χ1n) is 6.22. The Morgan fingerprint density at radius 3 is 2.62 bits per heavy atom. The predicted molar refractivity (Wildman–Crippen MR) is 84.6 cm³/mol. The minimum atomic E-state index is -0.938. The minimum Gasteiger partial charge on any atom is -0.388 e. The van der Waals surface area contributed by atoms with Crippen LogP contribution in [0.4, 0.5) is 0 Å². The molecule has 2 aromatic rings. The molecule has 0 aliphatic carbocycles. The molecule has 7 heteroatoms. The topological polar surface area (TPSA) is 53.4 Å². The molecule has 1 unspecified atom stereocenters. The summed E-state index contributed by atoms with van der Waals surface area (Å²) in [5.74, 6) is -0.172. The fraction of sp³-hybridized carbons (Fsp3) is 0.286. The first-order valence-corrected chi connectivity index (χ1v) is 7.85. The second kappa shape index (κ2) is 7.22. The monoisotopic (exact) mass is 344 g/mol. The highest BCUT2D eigenvalue weighted by Crippen LogP contribution is 2.25. The van der Waals surface area contributed by atoms with Crippen molar-refractivity contribution in [3.8, 4) is 0 Å². The van der Waals surface area contributed by atoms with Crippen molar-refractivity contribution in [3.05, 3.63) is 50.4 Å². The molecule has 112 valence electrons. The molecular weight excluding hydrogens is 331 g/mol. The molecule has 0 aliphatic rings. The standard InChI is InChI=1S/C14H14Cl2N2O2S/c1-18(8-13-17-2-3-21-13)14(20)7-12(19)9-4-10(15)6-11(16)5-9/h2-6,12,19H,7-8H2,1H3. The molecule has 1 atom stereocenters. The van der Waals surface area contributed by atoms with Crippen LogP contribution in [-0.2, 0) is 11.3 Å². The lowest BCUT2D eigenvalue weighted by molar-refractivity contribution is -0.132. The molecule has 0 bridgehead atoms. The number of hydrogen-bond donors (Lipinski definition) is 1. The Kier molecular flexibility index (Phi) is 5.58. The molecule has 2 rings (SSSR count). The fourth-order valence-corrected chi connectivity index (χ4v) is 3.04. The van der Waals surface area contributed by atoms with Gasteiger partial charge in [-0.3, -0.25) is 4.79 Å². The van der Waals surface area contributed by atoms with E-state index in [9.17, 15) is 9.90 Å². The number of aliphatic hydroxyl groups excluding tert-OH is 1. The van der Waals surface area contributed by atoms with Gasteiger partial charge in [-0.15, -0.1) is 11.3 Å². The van der Waals surface area contributed by atoms with Gasteiger partial charge in [-0.25, -0.2) is 4.98 Å². The van der Waals surface area contributed by atoms with Gasteiger partial charge in [-0.05, 0) is 23.8 Å². The van der Waals surface area contributed by atoms with Crippen LogP contribution in [-0.4, -0.2) is 27.9 Å². The minimum absolute atomic E-state index is 0.0292. The van der Waals surface area contributed by atoms with Crippen molar-refractivity contribution < 1.29 is 9.90 Å². The number of hydrogen-bond acceptors (Lipinski definition) is 4. The average Bonchev–Trinajstić information content (AvgIpc) is 2.90. The van der Waals surface area contributed by atoms with Gasteiger partial charge in [-0.1, -0.05) is 23.2 Å². The van der Waals surface area contributed by atoms with Gasteiger partial charge < -0.3 is 10.0 Å². The zero-order valence-corrected chi connectivity index (χ0v) is 13.6. The van der Waals surface area contributed by atoms with Crippen LogP contribution in [0.5, 0.6) is 0 Å². The molecule has 1 amide bonds. The van der Waals surface area contributed by atoms with Gasteiger partial charge in [-0.2, -0.15) is 0 Å². The molecule has 0 fully saturated rings. The van der Waals surface area contributed by atoms with E-state index in [0.717, 1.165) is 5.01 Å². The van der Waals surface area contributed by atoms with Crippen LogP contribution in [0, 0.1) is 0 Å². The molecule has 1 aromatic carbocycles. The Hall–Kier alpha value is -1.14. The van der Waals surface area contributed by atoms with Gasteiger partial charge in [0.05, 0.1) is 19.1 Å². The van der Waals surface area contributed by atoms with E-state index in [1.54, 1.807) is 31.4 Å². The van der Waals surface area contributed by atoms with E-state index in [0.29, 0.717) is 22.2 Å². The Labute approximate surface area is 136 Å². The normalized spacial score (nSPS) is 12.2. The second-order valence-electron chi connectivity index (χ2n) is 4.60. The number of thiazole rings is 1. The summed E-state index contributed by atoms with van der Waals surface area (Å²) in [5.41, 5.74) is 0.531. The maximum Gasteiger partial charge on any atom is 0.225 e. The number of carbonyl (C=O) groups excluding carboxylic acids is 1. The number of amides is 1. The summed E-state index contributed by atoms with van der Waals surface area (Å²) in [6.45, 7) is 0.430. The lowest BCUT2D eigenvalue weighted by Crippen LogP contribution is -2.27. The van der Waals surface area contributed by atoms with Crippen LogP contribution >= 0.6 is 34.5 Å². The Morgan fingerprint density at radius 2 is 2.05 bits per heavy atom. The van der Waals surface area contributed by atoms with Gasteiger partial charge in [0, 0.05) is 28.7 Å². The first-order chi connectivity index (χ1) is 9.95. The van der Waals surface area contributed by atoms with Gasteiger partial charge in [0.25, 0.3) is 0 Å². The van der Waals surface area contributed by atoms with Crippen LogP contribution < -0.4 is 0 Å². The van der Waals surface area contributed by atoms with Crippen LogP contribution in [0.25, 0.3) is 0 Å². The van der Waals surface area contributed by atoms with E-state index < -0.39 is 6.10 Å². The number of benzene rings is 1. The maximum absolute atomic E-state index is 12.1. The van der Waals surface area contributed by atoms with Crippen LogP contribution in [0.1, 0.15) is 23.1 Å². The van der Waals surface area contributed by atoms with E-state index in [1.807, 2.05) is 5.38 Å². The molecule has 21 heavy (non-hydrogen) atoms. The van der Waals surface area contributed by atoms with Crippen molar-refractivity contribution in [3.63, 3.8) is 0 Å². The van der Waals surface area contributed by atoms with Gasteiger partial charge >= 0.3 is 0 Å². The molecule has 0 spiro atoms. The number of nitrogens with zero attached hydrogens (tertiary/aromatic N) is 2. The lowest BCUT2D eigenvalue weighted by atomic mass is 10.1. The number of aliphatic hydroxyl groups is 1. The Balaban J connectivity index is 1.98. The highest BCUT2D eigenvalue weighted by molar-refractivity contribution is 7.09. The molecule has 0 saturated carbocycles. The Morgan fingerprint density at radius 1 is 1.38 bits per heavy atom. The van der Waals surface area contributed by atoms with E-state index in [2.05, 4.69) is 4.98 Å². The molecule has 0 radical (unpaired) electrons. The SMILES string of the molecule is CN(Cc1nccs1)C(=O)CC(O)c1cc(Cl)cc(Cl)c1. The molecule has 0 saturated heterocycles. The third-order valence-electron chi connectivity index (χ3n) is 2.92. The molecule has 1 aromatic heterocycles. The number of rotatable bonds is 5. The summed E-state index contributed by atoms with van der Waals surface area (Å²) in [5, 5.41) is 13.7. The van der Waals surface area contributed by atoms with Crippen LogP contribution in [0.15, 0.2) is 29.8 Å². The van der Waals surface area contributed by atoms with E-state index in [1.165, 1.54) is 16.2 Å². The largest absolute Gasteiger partial charge is 0.388 e. The third kappa shape index (κ3) is 4.68. The summed E-state index contributed by atoms with van der Waals surface area (Å²) in [7, 11) is 1.68. The summed E-state index contributed by atoms with van der Waals surface area (Å²) < 4.78 is 0. The number of carbonyl (C=O) groups is 1. The third-order valence-corrected chi connectivity index (χ3v) is 4.12. The average molecular weight is 345 g/mol. The van der Waals surface area contributed by atoms with Crippen molar-refractivity contribution in [2.45, 2.75) is 19.1 Å². The van der Waals surface area contributed by atoms with Gasteiger partial charge in [0.2, 0.25) is 5.91 Å². The highest BCUT2D eigenvalue weighted by Gasteiger charge is 2.18. The van der Waals surface area contributed by atoms with Gasteiger partial charge in [0.1, 0.15) is 5.01 Å². The first kappa shape index (κ1) is 16.2. The lowest BCUT2D eigenvalue weighted by Gasteiger charge is -2.18. The summed E-state index contributed by atoms with van der Waals surface area (Å²) >= 11 is 13.3. The van der Waals surface area contributed by atoms with Crippen molar-refractivity contribution in [2.75, 3.05) is 7.05 Å². The molecular formula is C14H14Cl2N2O2S. The quantitative estimate of drug-likeness (QED) is 0.902. The van der Waals surface area contributed by atoms with Gasteiger partial charge in [0.15, 0.2) is 0 Å². The summed E-state index contributed by atoms with van der Waals surface area (Å²) in [6, 6.07) is 4.79. The fourth-order valence-electron chi connectivity index (χ4n) is 1.83. The number of aromatic nitrogens is 1. The molecule has 0 aliphatic heterocycles. The second-order valence-corrected chi connectivity index (χ2v) is 6.45. The van der Waals surface area contributed by atoms with Crippen LogP contribution in [0.2, 0.25) is 10.0 Å². The summed E-state index contributed by atoms with van der Waals surface area (Å²) in [4.78, 5) is 17.8. The highest BCUT2D eigenvalue weighted by atomic mass is 35.5. The molecule has 1 N–H and O–H groups in total. The van der Waals surface area contributed by atoms with Crippen LogP contribution in [0.3, 0.4) is 0 Å². The van der Waals surface area contributed by atoms with Crippen molar-refractivity contribution in [1.82, 2.24) is 9.88 Å². The summed E-state index contributed by atoms with van der Waals surface area (Å²) in [6.07, 6.45) is 0.729. The van der Waals surface area contributed by atoms with E-state index in [4.69, 9.17) is 23.2 Å². The molecule has 4 nitrogen and oxygen atoms in total. The smallest absolute Gasteiger partial charge is 0.225 e. The van der Waals surface area contributed by atoms with Crippen molar-refractivity contribution >= 4 is 40.4 Å². The number of halogens is 2. The van der Waals surface area contributed by atoms with E-state index in [-0.39, 0.29) is 12.3 Å². The van der Waals surface area contributed by atoms with Crippen molar-refractivity contribution in [2.24, 2.45) is 0 Å². The zero-order valence-electron chi connectivity index (χ0n) is 11.3. The predicted octanol–water partition coefficient (Wildman–Crippen LogP) is 3.53.